The monoisotopic (exact) mass is 154 g/mol. The fourth-order valence-electron chi connectivity index (χ4n) is 1.29. The molecule has 0 saturated heterocycles. The maximum absolute atomic E-state index is 2.42. The van der Waals surface area contributed by atoms with Gasteiger partial charge in [0, 0.05) is 0 Å². The lowest BCUT2D eigenvalue weighted by molar-refractivity contribution is 0.628. The number of allylic oxidation sites excluding steroid dienone is 2. The first kappa shape index (κ1) is 10.7. The van der Waals surface area contributed by atoms with Crippen molar-refractivity contribution in [3.63, 3.8) is 0 Å². The molecule has 0 aromatic rings. The molecule has 0 heterocycles. The van der Waals surface area contributed by atoms with Crippen molar-refractivity contribution in [2.24, 2.45) is 5.92 Å². The highest BCUT2D eigenvalue weighted by atomic mass is 14.1. The average molecular weight is 154 g/mol. The van der Waals surface area contributed by atoms with Crippen molar-refractivity contribution < 1.29 is 0 Å². The van der Waals surface area contributed by atoms with Crippen LogP contribution in [0.15, 0.2) is 11.6 Å². The van der Waals surface area contributed by atoms with Crippen LogP contribution >= 0.6 is 0 Å². The number of hydrogen-bond acceptors (Lipinski definition) is 0. The second kappa shape index (κ2) is 6.45. The summed E-state index contributed by atoms with van der Waals surface area (Å²) in [6.07, 6.45) is 7.47. The van der Waals surface area contributed by atoms with Crippen LogP contribution in [-0.4, -0.2) is 0 Å². The van der Waals surface area contributed by atoms with E-state index in [-0.39, 0.29) is 0 Å². The van der Waals surface area contributed by atoms with Crippen molar-refractivity contribution in [1.82, 2.24) is 0 Å². The molecule has 66 valence electrons. The first-order valence-electron chi connectivity index (χ1n) is 4.95. The summed E-state index contributed by atoms with van der Waals surface area (Å²) >= 11 is 0. The van der Waals surface area contributed by atoms with Gasteiger partial charge in [0.2, 0.25) is 0 Å². The molecule has 0 spiro atoms. The van der Waals surface area contributed by atoms with Gasteiger partial charge in [-0.05, 0) is 25.2 Å². The molecule has 0 aliphatic carbocycles. The zero-order valence-electron chi connectivity index (χ0n) is 8.48. The van der Waals surface area contributed by atoms with Gasteiger partial charge in [-0.25, -0.2) is 0 Å². The first-order valence-corrected chi connectivity index (χ1v) is 4.95. The third-order valence-electron chi connectivity index (χ3n) is 2.35. The van der Waals surface area contributed by atoms with Crippen LogP contribution in [0.1, 0.15) is 53.4 Å². The van der Waals surface area contributed by atoms with Crippen LogP contribution in [0.4, 0.5) is 0 Å². The molecule has 0 bridgehead atoms. The smallest absolute Gasteiger partial charge is 0.0234 e. The van der Waals surface area contributed by atoms with Gasteiger partial charge in [-0.1, -0.05) is 45.8 Å². The minimum atomic E-state index is 0.798. The van der Waals surface area contributed by atoms with E-state index in [1.165, 1.54) is 25.7 Å². The zero-order valence-corrected chi connectivity index (χ0v) is 8.48. The minimum absolute atomic E-state index is 0.798. The SMILES string of the molecule is CCC/C=C(\CC)C(C)CC. The van der Waals surface area contributed by atoms with Gasteiger partial charge < -0.3 is 0 Å². The maximum atomic E-state index is 2.42. The summed E-state index contributed by atoms with van der Waals surface area (Å²) in [7, 11) is 0. The van der Waals surface area contributed by atoms with Crippen molar-refractivity contribution in [1.29, 1.82) is 0 Å². The number of rotatable bonds is 5. The zero-order chi connectivity index (χ0) is 8.69. The fraction of sp³-hybridized carbons (Fsp3) is 0.818. The Labute approximate surface area is 71.7 Å². The van der Waals surface area contributed by atoms with Crippen LogP contribution in [0.25, 0.3) is 0 Å². The Bertz CT molecular complexity index is 111. The molecule has 0 aromatic carbocycles. The van der Waals surface area contributed by atoms with Gasteiger partial charge in [-0.3, -0.25) is 0 Å². The third-order valence-corrected chi connectivity index (χ3v) is 2.35. The number of hydrogen-bond donors (Lipinski definition) is 0. The van der Waals surface area contributed by atoms with E-state index >= 15 is 0 Å². The standard InChI is InChI=1S/C11H22/c1-5-8-9-11(7-3)10(4)6-2/h9-10H,5-8H2,1-4H3/b11-9+. The van der Waals surface area contributed by atoms with Crippen LogP contribution in [0.3, 0.4) is 0 Å². The number of unbranched alkanes of at least 4 members (excludes halogenated alkanes) is 1. The van der Waals surface area contributed by atoms with Crippen LogP contribution < -0.4 is 0 Å². The maximum Gasteiger partial charge on any atom is -0.0234 e. The Hall–Kier alpha value is -0.260. The summed E-state index contributed by atoms with van der Waals surface area (Å²) in [5.74, 6) is 0.798. The van der Waals surface area contributed by atoms with E-state index in [4.69, 9.17) is 0 Å². The Morgan fingerprint density at radius 1 is 1.27 bits per heavy atom. The fourth-order valence-corrected chi connectivity index (χ4v) is 1.29. The predicted molar refractivity (Wildman–Crippen MR) is 52.7 cm³/mol. The van der Waals surface area contributed by atoms with Gasteiger partial charge in [-0.2, -0.15) is 0 Å². The molecule has 0 amide bonds. The lowest BCUT2D eigenvalue weighted by Gasteiger charge is -2.11. The van der Waals surface area contributed by atoms with Crippen molar-refractivity contribution in [3.8, 4) is 0 Å². The van der Waals surface area contributed by atoms with E-state index in [2.05, 4.69) is 33.8 Å². The minimum Gasteiger partial charge on any atom is -0.0851 e. The van der Waals surface area contributed by atoms with E-state index < -0.39 is 0 Å². The van der Waals surface area contributed by atoms with Crippen molar-refractivity contribution in [3.05, 3.63) is 11.6 Å². The Morgan fingerprint density at radius 3 is 2.27 bits per heavy atom. The van der Waals surface area contributed by atoms with E-state index in [0.717, 1.165) is 5.92 Å². The van der Waals surface area contributed by atoms with Crippen LogP contribution in [-0.2, 0) is 0 Å². The van der Waals surface area contributed by atoms with Gasteiger partial charge >= 0.3 is 0 Å². The van der Waals surface area contributed by atoms with E-state index in [1.807, 2.05) is 0 Å². The summed E-state index contributed by atoms with van der Waals surface area (Å²) in [6.45, 7) is 9.08. The van der Waals surface area contributed by atoms with Crippen LogP contribution in [0.5, 0.6) is 0 Å². The lowest BCUT2D eigenvalue weighted by atomic mass is 9.95. The van der Waals surface area contributed by atoms with Crippen LogP contribution in [0, 0.1) is 5.92 Å². The molecule has 11 heavy (non-hydrogen) atoms. The molecular weight excluding hydrogens is 132 g/mol. The molecule has 0 radical (unpaired) electrons. The molecule has 0 rings (SSSR count). The van der Waals surface area contributed by atoms with Gasteiger partial charge in [0.15, 0.2) is 0 Å². The molecule has 0 heteroatoms. The largest absolute Gasteiger partial charge is 0.0851 e. The van der Waals surface area contributed by atoms with Gasteiger partial charge in [0.1, 0.15) is 0 Å². The molecule has 0 fully saturated rings. The van der Waals surface area contributed by atoms with Crippen molar-refractivity contribution in [2.75, 3.05) is 0 Å². The third kappa shape index (κ3) is 4.23. The Kier molecular flexibility index (Phi) is 6.30. The molecule has 1 unspecified atom stereocenters. The van der Waals surface area contributed by atoms with E-state index in [1.54, 1.807) is 5.57 Å². The summed E-state index contributed by atoms with van der Waals surface area (Å²) in [5, 5.41) is 0. The molecule has 0 N–H and O–H groups in total. The van der Waals surface area contributed by atoms with Gasteiger partial charge in [-0.15, -0.1) is 0 Å². The van der Waals surface area contributed by atoms with E-state index in [0.29, 0.717) is 0 Å². The van der Waals surface area contributed by atoms with Crippen molar-refractivity contribution >= 4 is 0 Å². The van der Waals surface area contributed by atoms with Crippen molar-refractivity contribution in [2.45, 2.75) is 53.4 Å². The summed E-state index contributed by atoms with van der Waals surface area (Å²) in [5.41, 5.74) is 1.65. The molecule has 0 aliphatic rings. The normalized spacial score (nSPS) is 15.1. The van der Waals surface area contributed by atoms with Crippen LogP contribution in [0.2, 0.25) is 0 Å². The lowest BCUT2D eigenvalue weighted by Crippen LogP contribution is -1.96. The van der Waals surface area contributed by atoms with Gasteiger partial charge in [0.25, 0.3) is 0 Å². The molecular formula is C11H22. The summed E-state index contributed by atoms with van der Waals surface area (Å²) in [6, 6.07) is 0. The Morgan fingerprint density at radius 2 is 1.91 bits per heavy atom. The molecule has 1 atom stereocenters. The summed E-state index contributed by atoms with van der Waals surface area (Å²) < 4.78 is 0. The first-order chi connectivity index (χ1) is 5.26. The highest BCUT2D eigenvalue weighted by Gasteiger charge is 2.02. The quantitative estimate of drug-likeness (QED) is 0.521. The highest BCUT2D eigenvalue weighted by Crippen LogP contribution is 2.18. The second-order valence-electron chi connectivity index (χ2n) is 3.23. The Balaban J connectivity index is 3.91. The molecule has 0 aromatic heterocycles. The van der Waals surface area contributed by atoms with E-state index in [9.17, 15) is 0 Å². The predicted octanol–water partition coefficient (Wildman–Crippen LogP) is 4.17. The van der Waals surface area contributed by atoms with Gasteiger partial charge in [0.05, 0.1) is 0 Å². The topological polar surface area (TPSA) is 0 Å². The highest BCUT2D eigenvalue weighted by molar-refractivity contribution is 5.04. The second-order valence-corrected chi connectivity index (χ2v) is 3.23. The molecule has 0 saturated carbocycles. The summed E-state index contributed by atoms with van der Waals surface area (Å²) in [4.78, 5) is 0. The molecule has 0 nitrogen and oxygen atoms in total. The molecule has 0 aliphatic heterocycles. The average Bonchev–Trinajstić information content (AvgIpc) is 2.05.